The van der Waals surface area contributed by atoms with Crippen molar-refractivity contribution < 1.29 is 18.7 Å². The van der Waals surface area contributed by atoms with Crippen molar-refractivity contribution in [2.45, 2.75) is 26.2 Å². The van der Waals surface area contributed by atoms with E-state index >= 15 is 0 Å². The van der Waals surface area contributed by atoms with Crippen molar-refractivity contribution in [2.75, 3.05) is 11.9 Å². The number of rotatable bonds is 5. The summed E-state index contributed by atoms with van der Waals surface area (Å²) in [4.78, 5) is 24.7. The minimum absolute atomic E-state index is 0.0292. The van der Waals surface area contributed by atoms with Gasteiger partial charge in [-0.2, -0.15) is 5.26 Å². The van der Waals surface area contributed by atoms with E-state index in [4.69, 9.17) is 9.15 Å². The smallest absolute Gasteiger partial charge is 0.343 e. The van der Waals surface area contributed by atoms with Crippen molar-refractivity contribution >= 4 is 17.6 Å². The zero-order valence-corrected chi connectivity index (χ0v) is 15.9. The Labute approximate surface area is 167 Å². The average Bonchev–Trinajstić information content (AvgIpc) is 3.44. The molecular formula is C22H19N3O4. The Morgan fingerprint density at radius 2 is 2.00 bits per heavy atom. The van der Waals surface area contributed by atoms with Gasteiger partial charge in [-0.15, -0.1) is 0 Å². The number of nitriles is 1. The molecule has 3 aromatic rings. The van der Waals surface area contributed by atoms with Crippen LogP contribution < -0.4 is 5.32 Å². The quantitative estimate of drug-likeness (QED) is 0.673. The number of anilines is 1. The van der Waals surface area contributed by atoms with E-state index < -0.39 is 18.5 Å². The molecule has 1 N–H and O–H groups in total. The number of aryl methyl sites for hydroxylation is 3. The summed E-state index contributed by atoms with van der Waals surface area (Å²) in [7, 11) is 0. The molecule has 0 unspecified atom stereocenters. The van der Waals surface area contributed by atoms with Crippen LogP contribution in [0.2, 0.25) is 0 Å². The fourth-order valence-corrected chi connectivity index (χ4v) is 3.58. The zero-order chi connectivity index (χ0) is 20.4. The van der Waals surface area contributed by atoms with E-state index in [0.29, 0.717) is 5.69 Å². The number of aromatic nitrogens is 1. The zero-order valence-electron chi connectivity index (χ0n) is 15.9. The third kappa shape index (κ3) is 3.65. The molecule has 1 amide bonds. The molecule has 0 fully saturated rings. The van der Waals surface area contributed by atoms with E-state index in [1.165, 1.54) is 11.1 Å². The van der Waals surface area contributed by atoms with E-state index in [1.54, 1.807) is 36.0 Å². The third-order valence-corrected chi connectivity index (χ3v) is 4.94. The maximum Gasteiger partial charge on any atom is 0.343 e. The highest BCUT2D eigenvalue weighted by Gasteiger charge is 2.26. The second-order valence-corrected chi connectivity index (χ2v) is 6.88. The molecule has 7 nitrogen and oxygen atoms in total. The molecule has 4 rings (SSSR count). The van der Waals surface area contributed by atoms with Gasteiger partial charge in [-0.05, 0) is 61.6 Å². The van der Waals surface area contributed by atoms with Gasteiger partial charge in [0.15, 0.2) is 6.61 Å². The lowest BCUT2D eigenvalue weighted by Gasteiger charge is -2.08. The van der Waals surface area contributed by atoms with Crippen LogP contribution in [-0.2, 0) is 22.4 Å². The van der Waals surface area contributed by atoms with Crippen LogP contribution in [-0.4, -0.2) is 23.1 Å². The minimum Gasteiger partial charge on any atom is -0.452 e. The van der Waals surface area contributed by atoms with Crippen LogP contribution in [0.5, 0.6) is 0 Å². The van der Waals surface area contributed by atoms with Crippen LogP contribution in [0.3, 0.4) is 0 Å². The molecule has 0 saturated heterocycles. The number of ether oxygens (including phenoxy) is 1. The number of nitrogens with zero attached hydrogens (tertiary/aromatic N) is 2. The number of hydrogen-bond donors (Lipinski definition) is 1. The highest BCUT2D eigenvalue weighted by Crippen LogP contribution is 2.27. The predicted molar refractivity (Wildman–Crippen MR) is 105 cm³/mol. The summed E-state index contributed by atoms with van der Waals surface area (Å²) < 4.78 is 12.3. The number of hydrogen-bond acceptors (Lipinski definition) is 5. The molecular weight excluding hydrogens is 370 g/mol. The molecule has 146 valence electrons. The SMILES string of the molecule is Cc1oc(-n2cccc2)c(C#N)c1C(=O)OCC(=O)Nc1ccc2c(c1)CCC2. The molecule has 0 aliphatic heterocycles. The maximum absolute atomic E-state index is 12.5. The van der Waals surface area contributed by atoms with Crippen molar-refractivity contribution in [3.05, 3.63) is 70.7 Å². The predicted octanol–water partition coefficient (Wildman–Crippen LogP) is 3.53. The first kappa shape index (κ1) is 18.6. The second kappa shape index (κ2) is 7.68. The van der Waals surface area contributed by atoms with Gasteiger partial charge >= 0.3 is 5.97 Å². The maximum atomic E-state index is 12.5. The number of amides is 1. The normalized spacial score (nSPS) is 12.3. The van der Waals surface area contributed by atoms with Crippen molar-refractivity contribution in [3.8, 4) is 12.0 Å². The summed E-state index contributed by atoms with van der Waals surface area (Å²) in [6, 6.07) is 11.4. The second-order valence-electron chi connectivity index (χ2n) is 6.88. The fraction of sp³-hybridized carbons (Fsp3) is 0.227. The van der Waals surface area contributed by atoms with Crippen molar-refractivity contribution in [2.24, 2.45) is 0 Å². The Balaban J connectivity index is 1.43. The minimum atomic E-state index is -0.773. The topological polar surface area (TPSA) is 97.3 Å². The summed E-state index contributed by atoms with van der Waals surface area (Å²) in [6.07, 6.45) is 6.61. The molecule has 1 aromatic carbocycles. The van der Waals surface area contributed by atoms with Crippen LogP contribution in [0.1, 0.15) is 39.2 Å². The van der Waals surface area contributed by atoms with E-state index in [0.717, 1.165) is 19.3 Å². The fourth-order valence-electron chi connectivity index (χ4n) is 3.58. The van der Waals surface area contributed by atoms with Gasteiger partial charge in [0, 0.05) is 18.1 Å². The van der Waals surface area contributed by atoms with Crippen molar-refractivity contribution in [1.29, 1.82) is 5.26 Å². The Morgan fingerprint density at radius 3 is 2.76 bits per heavy atom. The van der Waals surface area contributed by atoms with E-state index in [1.807, 2.05) is 24.3 Å². The molecule has 2 heterocycles. The summed E-state index contributed by atoms with van der Waals surface area (Å²) in [5.74, 6) is -0.717. The number of nitrogens with one attached hydrogen (secondary N) is 1. The molecule has 1 aliphatic carbocycles. The lowest BCUT2D eigenvalue weighted by Crippen LogP contribution is -2.21. The highest BCUT2D eigenvalue weighted by molar-refractivity contribution is 5.97. The van der Waals surface area contributed by atoms with Gasteiger partial charge < -0.3 is 14.5 Å². The molecule has 0 bridgehead atoms. The van der Waals surface area contributed by atoms with Gasteiger partial charge in [0.05, 0.1) is 0 Å². The number of fused-ring (bicyclic) bond motifs is 1. The number of carbonyl (C=O) groups excluding carboxylic acids is 2. The monoisotopic (exact) mass is 389 g/mol. The first-order valence-electron chi connectivity index (χ1n) is 9.32. The average molecular weight is 389 g/mol. The van der Waals surface area contributed by atoms with Gasteiger partial charge in [-0.3, -0.25) is 9.36 Å². The van der Waals surface area contributed by atoms with Crippen LogP contribution in [0.15, 0.2) is 47.1 Å². The van der Waals surface area contributed by atoms with Crippen LogP contribution in [0.4, 0.5) is 5.69 Å². The molecule has 0 atom stereocenters. The molecule has 0 saturated carbocycles. The molecule has 29 heavy (non-hydrogen) atoms. The van der Waals surface area contributed by atoms with E-state index in [2.05, 4.69) is 5.32 Å². The van der Waals surface area contributed by atoms with Crippen LogP contribution in [0.25, 0.3) is 5.88 Å². The Morgan fingerprint density at radius 1 is 1.24 bits per heavy atom. The van der Waals surface area contributed by atoms with Crippen LogP contribution in [0, 0.1) is 18.3 Å². The summed E-state index contributed by atoms with van der Waals surface area (Å²) in [5, 5.41) is 12.2. The lowest BCUT2D eigenvalue weighted by molar-refractivity contribution is -0.119. The highest BCUT2D eigenvalue weighted by atomic mass is 16.5. The Bertz CT molecular complexity index is 1120. The Hall–Kier alpha value is -3.79. The first-order valence-corrected chi connectivity index (χ1v) is 9.32. The summed E-state index contributed by atoms with van der Waals surface area (Å²) in [6.45, 7) is 1.12. The molecule has 7 heteroatoms. The standard InChI is InChI=1S/C22H19N3O4/c1-14-20(18(12-23)21(29-14)25-9-2-3-10-25)22(27)28-13-19(26)24-17-8-7-15-5-4-6-16(15)11-17/h2-3,7-11H,4-6,13H2,1H3,(H,24,26). The van der Waals surface area contributed by atoms with E-state index in [-0.39, 0.29) is 22.8 Å². The van der Waals surface area contributed by atoms with Gasteiger partial charge in [-0.25, -0.2) is 4.79 Å². The van der Waals surface area contributed by atoms with Crippen molar-refractivity contribution in [1.82, 2.24) is 4.57 Å². The molecule has 2 aromatic heterocycles. The van der Waals surface area contributed by atoms with Gasteiger partial charge in [0.1, 0.15) is 23.0 Å². The molecule has 1 aliphatic rings. The van der Waals surface area contributed by atoms with Crippen LogP contribution >= 0.6 is 0 Å². The van der Waals surface area contributed by atoms with Gasteiger partial charge in [0.25, 0.3) is 5.91 Å². The molecule has 0 radical (unpaired) electrons. The van der Waals surface area contributed by atoms with Gasteiger partial charge in [0.2, 0.25) is 5.88 Å². The number of esters is 1. The third-order valence-electron chi connectivity index (χ3n) is 4.94. The largest absolute Gasteiger partial charge is 0.452 e. The number of furan rings is 1. The van der Waals surface area contributed by atoms with Crippen molar-refractivity contribution in [3.63, 3.8) is 0 Å². The summed E-state index contributed by atoms with van der Waals surface area (Å²) >= 11 is 0. The molecule has 0 spiro atoms. The van der Waals surface area contributed by atoms with Gasteiger partial charge in [-0.1, -0.05) is 6.07 Å². The number of carbonyl (C=O) groups is 2. The Kier molecular flexibility index (Phi) is 4.92. The lowest BCUT2D eigenvalue weighted by atomic mass is 10.1. The first-order chi connectivity index (χ1) is 14.1. The summed E-state index contributed by atoms with van der Waals surface area (Å²) in [5.41, 5.74) is 3.33. The van der Waals surface area contributed by atoms with E-state index in [9.17, 15) is 14.9 Å². The number of benzene rings is 1.